The van der Waals surface area contributed by atoms with E-state index in [-0.39, 0.29) is 0 Å². The number of H-pyrrole nitrogens is 1. The number of nitrogens with zero attached hydrogens (tertiary/aromatic N) is 5. The van der Waals surface area contributed by atoms with Gasteiger partial charge in [0.1, 0.15) is 5.75 Å². The first-order chi connectivity index (χ1) is 12.8. The fourth-order valence-electron chi connectivity index (χ4n) is 2.55. The zero-order valence-corrected chi connectivity index (χ0v) is 13.8. The van der Waals surface area contributed by atoms with Gasteiger partial charge in [-0.2, -0.15) is 5.21 Å². The molecule has 26 heavy (non-hydrogen) atoms. The van der Waals surface area contributed by atoms with Gasteiger partial charge in [-0.15, -0.1) is 16.6 Å². The van der Waals surface area contributed by atoms with Crippen molar-refractivity contribution in [3.63, 3.8) is 0 Å². The zero-order valence-electron chi connectivity index (χ0n) is 13.8. The van der Waals surface area contributed by atoms with Crippen LogP contribution in [-0.4, -0.2) is 37.7 Å². The first-order valence-corrected chi connectivity index (χ1v) is 7.69. The maximum atomic E-state index is 5.50. The number of benzene rings is 2. The van der Waals surface area contributed by atoms with Crippen molar-refractivity contribution in [3.8, 4) is 29.5 Å². The first-order valence-electron chi connectivity index (χ1n) is 7.69. The van der Waals surface area contributed by atoms with Crippen LogP contribution in [0.1, 0.15) is 5.56 Å². The van der Waals surface area contributed by atoms with Crippen molar-refractivity contribution in [3.05, 3.63) is 48.2 Å². The molecule has 4 aromatic rings. The van der Waals surface area contributed by atoms with E-state index in [0.717, 1.165) is 22.2 Å². The number of aromatic nitrogens is 6. The van der Waals surface area contributed by atoms with Crippen LogP contribution in [0.3, 0.4) is 0 Å². The van der Waals surface area contributed by atoms with Gasteiger partial charge in [-0.05, 0) is 23.4 Å². The fraction of sp³-hybridized carbons (Fsp3) is 0.0556. The Labute approximate surface area is 148 Å². The minimum absolute atomic E-state index is 0.457. The van der Waals surface area contributed by atoms with Crippen LogP contribution >= 0.6 is 0 Å². The van der Waals surface area contributed by atoms with Gasteiger partial charge in [-0.25, -0.2) is 9.97 Å². The lowest BCUT2D eigenvalue weighted by Gasteiger charge is -2.08. The molecule has 126 valence electrons. The second-order valence-corrected chi connectivity index (χ2v) is 5.39. The van der Waals surface area contributed by atoms with Crippen LogP contribution < -0.4 is 10.1 Å². The third-order valence-electron chi connectivity index (χ3n) is 3.78. The van der Waals surface area contributed by atoms with Crippen molar-refractivity contribution < 1.29 is 4.74 Å². The van der Waals surface area contributed by atoms with Crippen LogP contribution in [0.15, 0.2) is 42.6 Å². The van der Waals surface area contributed by atoms with E-state index in [0.29, 0.717) is 23.1 Å². The molecule has 2 heterocycles. The minimum atomic E-state index is 0.457. The van der Waals surface area contributed by atoms with E-state index in [9.17, 15) is 0 Å². The van der Waals surface area contributed by atoms with Crippen LogP contribution in [0, 0.1) is 12.3 Å². The predicted molar refractivity (Wildman–Crippen MR) is 96.9 cm³/mol. The number of fused-ring (bicyclic) bond motifs is 1. The quantitative estimate of drug-likeness (QED) is 0.549. The molecule has 0 spiro atoms. The number of hydrogen-bond donors (Lipinski definition) is 2. The maximum Gasteiger partial charge on any atom is 0.227 e. The molecule has 0 aliphatic carbocycles. The SMILES string of the molecule is C#Cc1cc2cnc(Nc3cccc(-c4nn[nH]n4)c3)nc2cc1OC. The van der Waals surface area contributed by atoms with Crippen molar-refractivity contribution >= 4 is 22.5 Å². The third kappa shape index (κ3) is 2.89. The first kappa shape index (κ1) is 15.5. The van der Waals surface area contributed by atoms with Crippen LogP contribution in [0.25, 0.3) is 22.3 Å². The highest BCUT2D eigenvalue weighted by atomic mass is 16.5. The largest absolute Gasteiger partial charge is 0.495 e. The molecular formula is C18H13N7O. The van der Waals surface area contributed by atoms with Crippen molar-refractivity contribution in [2.24, 2.45) is 0 Å². The Hall–Kier alpha value is -3.99. The van der Waals surface area contributed by atoms with Gasteiger partial charge in [-0.3, -0.25) is 0 Å². The van der Waals surface area contributed by atoms with E-state index in [2.05, 4.69) is 41.8 Å². The summed E-state index contributed by atoms with van der Waals surface area (Å²) in [6.45, 7) is 0. The molecule has 2 aromatic heterocycles. The number of anilines is 2. The summed E-state index contributed by atoms with van der Waals surface area (Å²) in [5.41, 5.74) is 3.02. The number of terminal acetylenes is 1. The Kier molecular flexibility index (Phi) is 3.88. The predicted octanol–water partition coefficient (Wildman–Crippen LogP) is 2.54. The summed E-state index contributed by atoms with van der Waals surface area (Å²) in [7, 11) is 1.58. The number of hydrogen-bond acceptors (Lipinski definition) is 7. The van der Waals surface area contributed by atoms with Gasteiger partial charge in [-0.1, -0.05) is 18.1 Å². The van der Waals surface area contributed by atoms with Gasteiger partial charge in [0.2, 0.25) is 11.8 Å². The monoisotopic (exact) mass is 343 g/mol. The van der Waals surface area contributed by atoms with Crippen LogP contribution in [-0.2, 0) is 0 Å². The molecule has 0 fully saturated rings. The van der Waals surface area contributed by atoms with Gasteiger partial charge in [0, 0.05) is 28.9 Å². The topological polar surface area (TPSA) is 102 Å². The zero-order chi connectivity index (χ0) is 17.9. The molecule has 0 radical (unpaired) electrons. The molecule has 0 aliphatic rings. The Morgan fingerprint density at radius 3 is 2.92 bits per heavy atom. The van der Waals surface area contributed by atoms with Gasteiger partial charge < -0.3 is 10.1 Å². The van der Waals surface area contributed by atoms with E-state index in [1.54, 1.807) is 19.4 Å². The standard InChI is InChI=1S/C18H13N7O/c1-3-11-7-13-10-19-18(21-15(13)9-16(11)26-2)20-14-6-4-5-12(8-14)17-22-24-25-23-17/h1,4-10H,2H3,(H,19,20,21)(H,22,23,24,25). The highest BCUT2D eigenvalue weighted by molar-refractivity contribution is 5.83. The lowest BCUT2D eigenvalue weighted by Crippen LogP contribution is -1.98. The molecule has 2 N–H and O–H groups in total. The molecule has 0 bridgehead atoms. The van der Waals surface area contributed by atoms with E-state index in [1.165, 1.54) is 0 Å². The molecule has 4 rings (SSSR count). The number of nitrogens with one attached hydrogen (secondary N) is 2. The molecule has 8 heteroatoms. The second-order valence-electron chi connectivity index (χ2n) is 5.39. The van der Waals surface area contributed by atoms with Crippen molar-refractivity contribution in [1.82, 2.24) is 30.6 Å². The Bertz CT molecular complexity index is 1120. The molecule has 0 amide bonds. The lowest BCUT2D eigenvalue weighted by molar-refractivity contribution is 0.414. The Morgan fingerprint density at radius 1 is 1.23 bits per heavy atom. The third-order valence-corrected chi connectivity index (χ3v) is 3.78. The lowest BCUT2D eigenvalue weighted by atomic mass is 10.1. The van der Waals surface area contributed by atoms with Crippen LogP contribution in [0.2, 0.25) is 0 Å². The number of rotatable bonds is 4. The summed E-state index contributed by atoms with van der Waals surface area (Å²) in [4.78, 5) is 8.87. The number of tetrazole rings is 1. The van der Waals surface area contributed by atoms with Gasteiger partial charge >= 0.3 is 0 Å². The summed E-state index contributed by atoms with van der Waals surface area (Å²) in [5, 5.41) is 18.0. The maximum absolute atomic E-state index is 5.50. The normalized spacial score (nSPS) is 10.5. The summed E-state index contributed by atoms with van der Waals surface area (Å²) in [6.07, 6.45) is 7.22. The van der Waals surface area contributed by atoms with Crippen molar-refractivity contribution in [2.75, 3.05) is 12.4 Å². The summed E-state index contributed by atoms with van der Waals surface area (Å²) < 4.78 is 5.31. The second kappa shape index (κ2) is 6.49. The molecular weight excluding hydrogens is 330 g/mol. The molecule has 0 saturated carbocycles. The summed E-state index contributed by atoms with van der Waals surface area (Å²) in [6, 6.07) is 11.2. The van der Waals surface area contributed by atoms with Crippen molar-refractivity contribution in [2.45, 2.75) is 0 Å². The highest BCUT2D eigenvalue weighted by Gasteiger charge is 2.08. The molecule has 0 unspecified atom stereocenters. The average molecular weight is 343 g/mol. The molecule has 8 nitrogen and oxygen atoms in total. The highest BCUT2D eigenvalue weighted by Crippen LogP contribution is 2.26. The Balaban J connectivity index is 1.67. The van der Waals surface area contributed by atoms with Crippen LogP contribution in [0.5, 0.6) is 5.75 Å². The fourth-order valence-corrected chi connectivity index (χ4v) is 2.55. The molecule has 0 aliphatic heterocycles. The van der Waals surface area contributed by atoms with E-state index < -0.39 is 0 Å². The van der Waals surface area contributed by atoms with Crippen LogP contribution in [0.4, 0.5) is 11.6 Å². The van der Waals surface area contributed by atoms with E-state index >= 15 is 0 Å². The number of methoxy groups -OCH3 is 1. The molecule has 0 atom stereocenters. The van der Waals surface area contributed by atoms with E-state index in [1.807, 2.05) is 30.3 Å². The summed E-state index contributed by atoms with van der Waals surface area (Å²) >= 11 is 0. The van der Waals surface area contributed by atoms with Gasteiger partial charge in [0.15, 0.2) is 0 Å². The smallest absolute Gasteiger partial charge is 0.227 e. The number of ether oxygens (including phenoxy) is 1. The molecule has 0 saturated heterocycles. The van der Waals surface area contributed by atoms with Gasteiger partial charge in [0.05, 0.1) is 18.2 Å². The van der Waals surface area contributed by atoms with Gasteiger partial charge in [0.25, 0.3) is 0 Å². The minimum Gasteiger partial charge on any atom is -0.495 e. The summed E-state index contributed by atoms with van der Waals surface area (Å²) in [5.74, 6) is 4.17. The van der Waals surface area contributed by atoms with Crippen molar-refractivity contribution in [1.29, 1.82) is 0 Å². The van der Waals surface area contributed by atoms with E-state index in [4.69, 9.17) is 11.2 Å². The Morgan fingerprint density at radius 2 is 2.15 bits per heavy atom. The molecule has 2 aromatic carbocycles. The number of aromatic amines is 1. The average Bonchev–Trinajstić information content (AvgIpc) is 3.22.